The predicted molar refractivity (Wildman–Crippen MR) is 70.4 cm³/mol. The van der Waals surface area contributed by atoms with E-state index in [1.807, 2.05) is 35.9 Å². The Balaban J connectivity index is 0.00000128. The maximum Gasteiger partial charge on any atom is 0.120 e. The lowest BCUT2D eigenvalue weighted by molar-refractivity contribution is 0.465. The molecule has 0 aliphatic heterocycles. The van der Waals surface area contributed by atoms with Crippen LogP contribution in [0.15, 0.2) is 35.0 Å². The van der Waals surface area contributed by atoms with E-state index in [1.54, 1.807) is 17.4 Å². The molecule has 1 atom stereocenters. The van der Waals surface area contributed by atoms with Crippen LogP contribution in [0, 0.1) is 6.92 Å². The Hall–Kier alpha value is -1.03. The number of hydrogen-bond donors (Lipinski definition) is 2. The fraction of sp³-hybridized carbons (Fsp3) is 0.167. The second kappa shape index (κ2) is 5.34. The molecule has 4 heteroatoms. The van der Waals surface area contributed by atoms with Crippen LogP contribution in [0.2, 0.25) is 0 Å². The van der Waals surface area contributed by atoms with Gasteiger partial charge < -0.3 is 10.8 Å². The van der Waals surface area contributed by atoms with Gasteiger partial charge in [-0.05, 0) is 40.9 Å². The molecule has 0 radical (unpaired) electrons. The summed E-state index contributed by atoms with van der Waals surface area (Å²) in [5.74, 6) is 0.272. The normalized spacial score (nSPS) is 11.9. The lowest BCUT2D eigenvalue weighted by atomic mass is 10.00. The van der Waals surface area contributed by atoms with Crippen LogP contribution in [0.3, 0.4) is 0 Å². The summed E-state index contributed by atoms with van der Waals surface area (Å²) in [5.41, 5.74) is 8.91. The van der Waals surface area contributed by atoms with E-state index in [1.165, 1.54) is 0 Å². The number of phenols is 1. The molecule has 0 saturated carbocycles. The van der Waals surface area contributed by atoms with E-state index in [0.717, 1.165) is 16.7 Å². The number of nitrogens with two attached hydrogens (primary N) is 1. The lowest BCUT2D eigenvalue weighted by Gasteiger charge is -2.12. The minimum atomic E-state index is -0.239. The van der Waals surface area contributed by atoms with E-state index in [-0.39, 0.29) is 24.2 Å². The van der Waals surface area contributed by atoms with Crippen LogP contribution in [0.25, 0.3) is 0 Å². The van der Waals surface area contributed by atoms with Crippen molar-refractivity contribution in [1.82, 2.24) is 0 Å². The van der Waals surface area contributed by atoms with Crippen LogP contribution in [0.5, 0.6) is 5.75 Å². The summed E-state index contributed by atoms with van der Waals surface area (Å²) in [5, 5.41) is 13.8. The van der Waals surface area contributed by atoms with Gasteiger partial charge in [0.1, 0.15) is 5.75 Å². The molecule has 1 aromatic heterocycles. The number of benzene rings is 1. The molecule has 0 fully saturated rings. The molecule has 2 aromatic rings. The fourth-order valence-corrected chi connectivity index (χ4v) is 2.24. The highest BCUT2D eigenvalue weighted by molar-refractivity contribution is 7.08. The molecule has 1 aromatic carbocycles. The van der Waals surface area contributed by atoms with Gasteiger partial charge in [-0.2, -0.15) is 11.3 Å². The van der Waals surface area contributed by atoms with Gasteiger partial charge in [0.05, 0.1) is 6.04 Å². The Morgan fingerprint density at radius 3 is 2.62 bits per heavy atom. The molecule has 0 amide bonds. The third-order valence-electron chi connectivity index (χ3n) is 2.42. The highest BCUT2D eigenvalue weighted by Gasteiger charge is 2.12. The van der Waals surface area contributed by atoms with Gasteiger partial charge in [-0.3, -0.25) is 0 Å². The molecular formula is C12H14ClNOS. The second-order valence-electron chi connectivity index (χ2n) is 3.60. The Morgan fingerprint density at radius 2 is 2.06 bits per heavy atom. The van der Waals surface area contributed by atoms with Gasteiger partial charge >= 0.3 is 0 Å². The molecule has 2 rings (SSSR count). The minimum Gasteiger partial charge on any atom is -0.508 e. The minimum absolute atomic E-state index is 0. The molecule has 0 bridgehead atoms. The number of halogens is 1. The SMILES string of the molecule is Cc1ccc([C@H](N)c2ccsc2)c(O)c1.Cl. The first-order valence-electron chi connectivity index (χ1n) is 4.75. The molecule has 3 N–H and O–H groups in total. The van der Waals surface area contributed by atoms with Crippen LogP contribution in [0.1, 0.15) is 22.7 Å². The molecule has 2 nitrogen and oxygen atoms in total. The van der Waals surface area contributed by atoms with Crippen molar-refractivity contribution in [2.24, 2.45) is 5.73 Å². The molecule has 16 heavy (non-hydrogen) atoms. The Bertz CT molecular complexity index is 456. The molecule has 0 spiro atoms. The fourth-order valence-electron chi connectivity index (χ4n) is 1.55. The number of rotatable bonds is 2. The molecule has 86 valence electrons. The van der Waals surface area contributed by atoms with Crippen molar-refractivity contribution in [2.75, 3.05) is 0 Å². The van der Waals surface area contributed by atoms with E-state index in [9.17, 15) is 5.11 Å². The van der Waals surface area contributed by atoms with E-state index in [4.69, 9.17) is 5.73 Å². The smallest absolute Gasteiger partial charge is 0.120 e. The van der Waals surface area contributed by atoms with Crippen molar-refractivity contribution in [3.8, 4) is 5.75 Å². The summed E-state index contributed by atoms with van der Waals surface area (Å²) in [4.78, 5) is 0. The number of aromatic hydroxyl groups is 1. The molecule has 0 unspecified atom stereocenters. The zero-order chi connectivity index (χ0) is 10.8. The van der Waals surface area contributed by atoms with Crippen LogP contribution in [-0.2, 0) is 0 Å². The quantitative estimate of drug-likeness (QED) is 0.866. The third-order valence-corrected chi connectivity index (χ3v) is 3.12. The van der Waals surface area contributed by atoms with Crippen molar-refractivity contribution in [1.29, 1.82) is 0 Å². The van der Waals surface area contributed by atoms with E-state index >= 15 is 0 Å². The first-order chi connectivity index (χ1) is 7.18. The van der Waals surface area contributed by atoms with E-state index < -0.39 is 0 Å². The lowest BCUT2D eigenvalue weighted by Crippen LogP contribution is -2.10. The number of hydrogen-bond acceptors (Lipinski definition) is 3. The van der Waals surface area contributed by atoms with Crippen molar-refractivity contribution in [2.45, 2.75) is 13.0 Å². The van der Waals surface area contributed by atoms with Crippen LogP contribution in [0.4, 0.5) is 0 Å². The second-order valence-corrected chi connectivity index (χ2v) is 4.38. The number of thiophene rings is 1. The summed E-state index contributed by atoms with van der Waals surface area (Å²) in [7, 11) is 0. The molecule has 0 aliphatic rings. The number of phenolic OH excluding ortho intramolecular Hbond substituents is 1. The third kappa shape index (κ3) is 2.55. The monoisotopic (exact) mass is 255 g/mol. The average Bonchev–Trinajstić information content (AvgIpc) is 2.69. The maximum absolute atomic E-state index is 9.78. The first-order valence-corrected chi connectivity index (χ1v) is 5.70. The summed E-state index contributed by atoms with van der Waals surface area (Å²) in [6, 6.07) is 7.32. The van der Waals surface area contributed by atoms with Gasteiger partial charge in [0, 0.05) is 5.56 Å². The molecule has 0 saturated heterocycles. The number of aryl methyl sites for hydroxylation is 1. The van der Waals surface area contributed by atoms with E-state index in [2.05, 4.69) is 0 Å². The van der Waals surface area contributed by atoms with Crippen LogP contribution in [-0.4, -0.2) is 5.11 Å². The molecule has 1 heterocycles. The molecular weight excluding hydrogens is 242 g/mol. The predicted octanol–water partition coefficient (Wildman–Crippen LogP) is 3.23. The van der Waals surface area contributed by atoms with Crippen LogP contribution >= 0.6 is 23.7 Å². The maximum atomic E-state index is 9.78. The summed E-state index contributed by atoms with van der Waals surface area (Å²) in [6.07, 6.45) is 0. The summed E-state index contributed by atoms with van der Waals surface area (Å²) >= 11 is 1.61. The van der Waals surface area contributed by atoms with Gasteiger partial charge in [-0.1, -0.05) is 12.1 Å². The zero-order valence-electron chi connectivity index (χ0n) is 8.88. The topological polar surface area (TPSA) is 46.2 Å². The first kappa shape index (κ1) is 13.0. The van der Waals surface area contributed by atoms with Crippen LogP contribution < -0.4 is 5.73 Å². The van der Waals surface area contributed by atoms with Crippen molar-refractivity contribution >= 4 is 23.7 Å². The van der Waals surface area contributed by atoms with Crippen molar-refractivity contribution in [3.05, 3.63) is 51.7 Å². The van der Waals surface area contributed by atoms with E-state index in [0.29, 0.717) is 0 Å². The van der Waals surface area contributed by atoms with Gasteiger partial charge in [-0.25, -0.2) is 0 Å². The Morgan fingerprint density at radius 1 is 1.31 bits per heavy atom. The van der Waals surface area contributed by atoms with Gasteiger partial charge in [-0.15, -0.1) is 12.4 Å². The highest BCUT2D eigenvalue weighted by atomic mass is 35.5. The van der Waals surface area contributed by atoms with Gasteiger partial charge in [0.25, 0.3) is 0 Å². The Labute approximate surface area is 105 Å². The van der Waals surface area contributed by atoms with Gasteiger partial charge in [0.2, 0.25) is 0 Å². The summed E-state index contributed by atoms with van der Waals surface area (Å²) in [6.45, 7) is 1.94. The average molecular weight is 256 g/mol. The van der Waals surface area contributed by atoms with Gasteiger partial charge in [0.15, 0.2) is 0 Å². The summed E-state index contributed by atoms with van der Waals surface area (Å²) < 4.78 is 0. The zero-order valence-corrected chi connectivity index (χ0v) is 10.5. The highest BCUT2D eigenvalue weighted by Crippen LogP contribution is 2.29. The van der Waals surface area contributed by atoms with Crippen molar-refractivity contribution in [3.63, 3.8) is 0 Å². The van der Waals surface area contributed by atoms with Crippen molar-refractivity contribution < 1.29 is 5.11 Å². The largest absolute Gasteiger partial charge is 0.508 e. The standard InChI is InChI=1S/C12H13NOS.ClH/c1-8-2-3-10(11(14)6-8)12(13)9-4-5-15-7-9;/h2-7,12,14H,13H2,1H3;1H/t12-;/m1./s1. The Kier molecular flexibility index (Phi) is 4.35. The molecule has 0 aliphatic carbocycles.